The Hall–Kier alpha value is -2.56. The number of benzene rings is 1. The summed E-state index contributed by atoms with van der Waals surface area (Å²) in [5.74, 6) is -0.944. The molecule has 0 amide bonds. The number of aliphatic carboxylic acids is 1. The molecule has 1 aromatic carbocycles. The molecule has 4 rings (SSSR count). The van der Waals surface area contributed by atoms with E-state index in [-0.39, 0.29) is 22.3 Å². The summed E-state index contributed by atoms with van der Waals surface area (Å²) < 4.78 is 48.4. The molecule has 176 valence electrons. The highest BCUT2D eigenvalue weighted by Crippen LogP contribution is 2.39. The topological polar surface area (TPSA) is 80.5 Å². The Morgan fingerprint density at radius 3 is 2.79 bits per heavy atom. The zero-order chi connectivity index (χ0) is 23.8. The lowest BCUT2D eigenvalue weighted by Gasteiger charge is -2.34. The molecular weight excluding hydrogens is 484 g/mol. The molecule has 0 unspecified atom stereocenters. The molecule has 7 nitrogen and oxygen atoms in total. The number of imidazole rings is 1. The number of alkyl halides is 3. The summed E-state index contributed by atoms with van der Waals surface area (Å²) >= 11 is 12.6. The number of rotatable bonds is 7. The van der Waals surface area contributed by atoms with E-state index in [4.69, 9.17) is 33.0 Å². The van der Waals surface area contributed by atoms with Crippen molar-refractivity contribution in [3.63, 3.8) is 0 Å². The van der Waals surface area contributed by atoms with Crippen molar-refractivity contribution < 1.29 is 27.8 Å². The van der Waals surface area contributed by atoms with Crippen LogP contribution in [0.5, 0.6) is 0 Å². The number of fused-ring (bicyclic) bond motifs is 1. The molecule has 3 heterocycles. The third kappa shape index (κ3) is 4.87. The van der Waals surface area contributed by atoms with E-state index in [0.29, 0.717) is 29.6 Å². The minimum absolute atomic E-state index is 0.193. The van der Waals surface area contributed by atoms with Gasteiger partial charge in [-0.1, -0.05) is 23.2 Å². The van der Waals surface area contributed by atoms with Gasteiger partial charge in [-0.05, 0) is 25.0 Å². The Labute approximate surface area is 196 Å². The molecule has 2 aromatic heterocycles. The van der Waals surface area contributed by atoms with Crippen LogP contribution in [0.1, 0.15) is 19.3 Å². The van der Waals surface area contributed by atoms with Crippen LogP contribution < -0.4 is 4.90 Å². The van der Waals surface area contributed by atoms with Gasteiger partial charge in [-0.3, -0.25) is 4.79 Å². The molecule has 0 aliphatic carbocycles. The number of carbonyl (C=O) groups is 1. The molecule has 1 aliphatic heterocycles. The fraction of sp³-hybridized carbons (Fsp3) is 0.381. The molecule has 1 saturated heterocycles. The Kier molecular flexibility index (Phi) is 6.69. The van der Waals surface area contributed by atoms with E-state index < -0.39 is 37.3 Å². The normalized spacial score (nSPS) is 17.6. The summed E-state index contributed by atoms with van der Waals surface area (Å²) in [7, 11) is 0. The molecule has 0 spiro atoms. The summed E-state index contributed by atoms with van der Waals surface area (Å²) in [5.41, 5.74) is 0.985. The van der Waals surface area contributed by atoms with Gasteiger partial charge >= 0.3 is 12.1 Å². The summed E-state index contributed by atoms with van der Waals surface area (Å²) in [4.78, 5) is 20.9. The largest absolute Gasteiger partial charge is 0.481 e. The number of nitrogens with zero attached hydrogens (tertiary/aromatic N) is 4. The van der Waals surface area contributed by atoms with E-state index >= 15 is 0 Å². The number of halogens is 5. The second-order valence-electron chi connectivity index (χ2n) is 7.61. The molecule has 1 aliphatic rings. The van der Waals surface area contributed by atoms with E-state index in [2.05, 4.69) is 9.97 Å². The first-order valence-corrected chi connectivity index (χ1v) is 10.9. The lowest BCUT2D eigenvalue weighted by Crippen LogP contribution is -2.49. The van der Waals surface area contributed by atoms with Crippen molar-refractivity contribution in [3.8, 4) is 5.69 Å². The van der Waals surface area contributed by atoms with E-state index in [1.165, 1.54) is 4.90 Å². The monoisotopic (exact) mass is 502 g/mol. The molecule has 0 bridgehead atoms. The smallest absolute Gasteiger partial charge is 0.416 e. The van der Waals surface area contributed by atoms with Gasteiger partial charge in [0, 0.05) is 30.4 Å². The average molecular weight is 503 g/mol. The molecule has 2 atom stereocenters. The second-order valence-corrected chi connectivity index (χ2v) is 8.39. The van der Waals surface area contributed by atoms with Crippen molar-refractivity contribution in [1.82, 2.24) is 14.5 Å². The first-order chi connectivity index (χ1) is 15.7. The van der Waals surface area contributed by atoms with Gasteiger partial charge in [-0.2, -0.15) is 13.2 Å². The number of ether oxygens (including phenoxy) is 1. The highest BCUT2D eigenvalue weighted by Gasteiger charge is 2.49. The lowest BCUT2D eigenvalue weighted by atomic mass is 10.1. The minimum atomic E-state index is -4.68. The van der Waals surface area contributed by atoms with Crippen LogP contribution in [-0.4, -0.2) is 57.1 Å². The van der Waals surface area contributed by atoms with Crippen LogP contribution in [0.15, 0.2) is 36.9 Å². The molecule has 12 heteroatoms. The maximum Gasteiger partial charge on any atom is 0.416 e. The third-order valence-corrected chi connectivity index (χ3v) is 6.29. The van der Waals surface area contributed by atoms with Crippen LogP contribution in [0.25, 0.3) is 16.6 Å². The standard InChI is InChI=1S/C21H19Cl2F3N4O3/c22-13-4-3-12-15(29-8-6-27-11-29)10-16(28-19(12)18(13)23)30-7-1-2-14(30)20(21(24,25)26)33-9-5-17(31)32/h3-4,6,8,10-11,14,20H,1-2,5,7,9H2,(H,31,32)/t14-,20+/m0/s1. The molecule has 1 fully saturated rings. The van der Waals surface area contributed by atoms with Crippen LogP contribution in [0, 0.1) is 0 Å². The third-order valence-electron chi connectivity index (χ3n) is 5.50. The summed E-state index contributed by atoms with van der Waals surface area (Å²) in [6.45, 7) is -0.226. The van der Waals surface area contributed by atoms with Crippen LogP contribution >= 0.6 is 23.2 Å². The van der Waals surface area contributed by atoms with Crippen molar-refractivity contribution in [2.24, 2.45) is 0 Å². The summed E-state index contributed by atoms with van der Waals surface area (Å²) in [5, 5.41) is 9.91. The van der Waals surface area contributed by atoms with Gasteiger partial charge in [0.15, 0.2) is 6.10 Å². The average Bonchev–Trinajstić information content (AvgIpc) is 3.44. The number of carboxylic acids is 1. The van der Waals surface area contributed by atoms with Gasteiger partial charge in [0.25, 0.3) is 0 Å². The number of pyridine rings is 1. The van der Waals surface area contributed by atoms with Crippen LogP contribution in [-0.2, 0) is 9.53 Å². The highest BCUT2D eigenvalue weighted by atomic mass is 35.5. The molecule has 0 saturated carbocycles. The van der Waals surface area contributed by atoms with Gasteiger partial charge in [-0.15, -0.1) is 0 Å². The molecule has 3 aromatic rings. The fourth-order valence-corrected chi connectivity index (χ4v) is 4.41. The quantitative estimate of drug-likeness (QED) is 0.483. The SMILES string of the molecule is O=C(O)CCO[C@H]([C@@H]1CCCN1c1cc(-n2ccnc2)c2ccc(Cl)c(Cl)c2n1)C(F)(F)F. The maximum atomic E-state index is 13.9. The van der Waals surface area contributed by atoms with E-state index in [0.717, 1.165) is 0 Å². The summed E-state index contributed by atoms with van der Waals surface area (Å²) in [6, 6.07) is 3.97. The van der Waals surface area contributed by atoms with Gasteiger partial charge in [0.05, 0.1) is 46.6 Å². The molecule has 0 radical (unpaired) electrons. The van der Waals surface area contributed by atoms with Crippen molar-refractivity contribution in [2.45, 2.75) is 37.6 Å². The number of anilines is 1. The highest BCUT2D eigenvalue weighted by molar-refractivity contribution is 6.45. The van der Waals surface area contributed by atoms with E-state index in [9.17, 15) is 18.0 Å². The predicted octanol–water partition coefficient (Wildman–Crippen LogP) is 5.12. The number of carboxylic acid groups (broad SMARTS) is 1. The van der Waals surface area contributed by atoms with Gasteiger partial charge < -0.3 is 19.3 Å². The van der Waals surface area contributed by atoms with Gasteiger partial charge in [0.1, 0.15) is 5.82 Å². The van der Waals surface area contributed by atoms with Crippen molar-refractivity contribution in [2.75, 3.05) is 18.1 Å². The number of hydrogen-bond donors (Lipinski definition) is 1. The first kappa shape index (κ1) is 23.6. The zero-order valence-corrected chi connectivity index (χ0v) is 18.6. The minimum Gasteiger partial charge on any atom is -0.481 e. The number of aromatic nitrogens is 3. The number of hydrogen-bond acceptors (Lipinski definition) is 5. The maximum absolute atomic E-state index is 13.9. The van der Waals surface area contributed by atoms with Crippen molar-refractivity contribution in [1.29, 1.82) is 0 Å². The fourth-order valence-electron chi connectivity index (χ4n) is 4.05. The summed E-state index contributed by atoms with van der Waals surface area (Å²) in [6.07, 6.45) is -1.82. The molecular formula is C21H19Cl2F3N4O3. The van der Waals surface area contributed by atoms with Crippen molar-refractivity contribution >= 4 is 45.9 Å². The predicted molar refractivity (Wildman–Crippen MR) is 117 cm³/mol. The van der Waals surface area contributed by atoms with Crippen LogP contribution in [0.4, 0.5) is 19.0 Å². The van der Waals surface area contributed by atoms with Gasteiger partial charge in [0.2, 0.25) is 0 Å². The molecule has 1 N–H and O–H groups in total. The Morgan fingerprint density at radius 1 is 1.33 bits per heavy atom. The van der Waals surface area contributed by atoms with E-state index in [1.807, 2.05) is 0 Å². The second kappa shape index (κ2) is 9.36. The first-order valence-electron chi connectivity index (χ1n) is 10.1. The Balaban J connectivity index is 1.78. The van der Waals surface area contributed by atoms with Gasteiger partial charge in [-0.25, -0.2) is 9.97 Å². The Morgan fingerprint density at radius 2 is 2.12 bits per heavy atom. The van der Waals surface area contributed by atoms with Crippen molar-refractivity contribution in [3.05, 3.63) is 47.0 Å². The van der Waals surface area contributed by atoms with Crippen LogP contribution in [0.3, 0.4) is 0 Å². The zero-order valence-electron chi connectivity index (χ0n) is 17.1. The van der Waals surface area contributed by atoms with Crippen LogP contribution in [0.2, 0.25) is 10.0 Å². The Bertz CT molecular complexity index is 1160. The molecule has 33 heavy (non-hydrogen) atoms. The van der Waals surface area contributed by atoms with E-state index in [1.54, 1.807) is 41.5 Å². The lowest BCUT2D eigenvalue weighted by molar-refractivity contribution is -0.226.